The van der Waals surface area contributed by atoms with Crippen LogP contribution in [0.5, 0.6) is 0 Å². The van der Waals surface area contributed by atoms with Gasteiger partial charge in [0.2, 0.25) is 0 Å². The first-order valence-corrected chi connectivity index (χ1v) is 6.43. The van der Waals surface area contributed by atoms with Crippen molar-refractivity contribution in [3.63, 3.8) is 0 Å². The average Bonchev–Trinajstić information content (AvgIpc) is 2.56. The summed E-state index contributed by atoms with van der Waals surface area (Å²) >= 11 is 0. The van der Waals surface area contributed by atoms with Crippen LogP contribution < -0.4 is 10.6 Å². The molecule has 2 aliphatic heterocycles. The van der Waals surface area contributed by atoms with E-state index in [1.807, 2.05) is 0 Å². The molecule has 2 aliphatic rings. The molecule has 0 unspecified atom stereocenters. The number of hydrogen-bond donors (Lipinski definition) is 2. The molecule has 0 aromatic heterocycles. The van der Waals surface area contributed by atoms with Crippen LogP contribution >= 0.6 is 0 Å². The Labute approximate surface area is 92.7 Å². The molecular formula is C12H23N3. The summed E-state index contributed by atoms with van der Waals surface area (Å²) in [4.78, 5) is 4.60. The number of nitrogens with zero attached hydrogens (tertiary/aromatic N) is 1. The highest BCUT2D eigenvalue weighted by atomic mass is 15.0. The molecule has 86 valence electrons. The second-order valence-corrected chi connectivity index (χ2v) is 4.69. The Morgan fingerprint density at radius 1 is 1.13 bits per heavy atom. The molecule has 0 bridgehead atoms. The van der Waals surface area contributed by atoms with Crippen molar-refractivity contribution in [2.75, 3.05) is 26.2 Å². The van der Waals surface area contributed by atoms with Gasteiger partial charge in [0.15, 0.2) is 0 Å². The zero-order chi connectivity index (χ0) is 10.3. The molecular weight excluding hydrogens is 186 g/mol. The predicted octanol–water partition coefficient (Wildman–Crippen LogP) is 1.55. The van der Waals surface area contributed by atoms with E-state index in [-0.39, 0.29) is 0 Å². The van der Waals surface area contributed by atoms with Crippen LogP contribution in [-0.4, -0.2) is 32.0 Å². The average molecular weight is 209 g/mol. The highest BCUT2D eigenvalue weighted by Gasteiger charge is 2.13. The van der Waals surface area contributed by atoms with Crippen LogP contribution in [0.3, 0.4) is 0 Å². The van der Waals surface area contributed by atoms with Gasteiger partial charge in [0.05, 0.1) is 5.84 Å². The van der Waals surface area contributed by atoms with Crippen molar-refractivity contribution >= 4 is 5.84 Å². The van der Waals surface area contributed by atoms with Crippen LogP contribution in [0.1, 0.15) is 38.5 Å². The fourth-order valence-corrected chi connectivity index (χ4v) is 2.42. The van der Waals surface area contributed by atoms with E-state index >= 15 is 0 Å². The molecule has 2 rings (SSSR count). The van der Waals surface area contributed by atoms with Crippen molar-refractivity contribution in [3.05, 3.63) is 0 Å². The molecule has 0 atom stereocenters. The van der Waals surface area contributed by atoms with Gasteiger partial charge >= 0.3 is 0 Å². The first kappa shape index (κ1) is 10.9. The summed E-state index contributed by atoms with van der Waals surface area (Å²) in [5.74, 6) is 2.20. The summed E-state index contributed by atoms with van der Waals surface area (Å²) in [5, 5.41) is 6.87. The third-order valence-electron chi connectivity index (χ3n) is 3.46. The third-order valence-corrected chi connectivity index (χ3v) is 3.46. The predicted molar refractivity (Wildman–Crippen MR) is 64.4 cm³/mol. The molecule has 0 aromatic rings. The van der Waals surface area contributed by atoms with Crippen molar-refractivity contribution in [2.24, 2.45) is 10.9 Å². The minimum Gasteiger partial charge on any atom is -0.374 e. The topological polar surface area (TPSA) is 36.4 Å². The van der Waals surface area contributed by atoms with Crippen molar-refractivity contribution < 1.29 is 0 Å². The van der Waals surface area contributed by atoms with Gasteiger partial charge in [-0.05, 0) is 51.1 Å². The van der Waals surface area contributed by atoms with Crippen LogP contribution in [0.25, 0.3) is 0 Å². The molecule has 0 amide bonds. The monoisotopic (exact) mass is 209 g/mol. The molecule has 3 nitrogen and oxygen atoms in total. The maximum atomic E-state index is 4.60. The van der Waals surface area contributed by atoms with Gasteiger partial charge in [-0.1, -0.05) is 0 Å². The molecule has 1 fully saturated rings. The fraction of sp³-hybridized carbons (Fsp3) is 0.917. The number of nitrogens with one attached hydrogen (secondary N) is 2. The lowest BCUT2D eigenvalue weighted by Gasteiger charge is -2.22. The molecule has 2 heterocycles. The van der Waals surface area contributed by atoms with E-state index in [1.165, 1.54) is 57.5 Å². The van der Waals surface area contributed by atoms with E-state index in [9.17, 15) is 0 Å². The largest absolute Gasteiger partial charge is 0.374 e. The Morgan fingerprint density at radius 3 is 2.87 bits per heavy atom. The van der Waals surface area contributed by atoms with Crippen LogP contribution in [0.15, 0.2) is 4.99 Å². The van der Waals surface area contributed by atoms with Crippen LogP contribution in [0.4, 0.5) is 0 Å². The second-order valence-electron chi connectivity index (χ2n) is 4.69. The van der Waals surface area contributed by atoms with Gasteiger partial charge in [0.1, 0.15) is 0 Å². The smallest absolute Gasteiger partial charge is 0.0963 e. The Balaban J connectivity index is 1.69. The van der Waals surface area contributed by atoms with Gasteiger partial charge in [-0.3, -0.25) is 4.99 Å². The molecule has 0 aliphatic carbocycles. The van der Waals surface area contributed by atoms with Crippen LogP contribution in [0, 0.1) is 5.92 Å². The van der Waals surface area contributed by atoms with Crippen LogP contribution in [0.2, 0.25) is 0 Å². The summed E-state index contributed by atoms with van der Waals surface area (Å²) in [5.41, 5.74) is 0. The zero-order valence-electron chi connectivity index (χ0n) is 9.60. The molecule has 0 spiro atoms. The lowest BCUT2D eigenvalue weighted by molar-refractivity contribution is 0.358. The van der Waals surface area contributed by atoms with E-state index in [0.717, 1.165) is 19.0 Å². The number of hydrogen-bond acceptors (Lipinski definition) is 3. The van der Waals surface area contributed by atoms with Crippen molar-refractivity contribution in [2.45, 2.75) is 38.5 Å². The SMILES string of the molecule is C1CCNC(CCC2CCNCC2)=NC1. The lowest BCUT2D eigenvalue weighted by atomic mass is 9.93. The lowest BCUT2D eigenvalue weighted by Crippen LogP contribution is -2.29. The Hall–Kier alpha value is -0.570. The Bertz CT molecular complexity index is 207. The maximum Gasteiger partial charge on any atom is 0.0963 e. The Kier molecular flexibility index (Phi) is 4.45. The minimum absolute atomic E-state index is 0.930. The van der Waals surface area contributed by atoms with Gasteiger partial charge < -0.3 is 10.6 Å². The molecule has 15 heavy (non-hydrogen) atoms. The summed E-state index contributed by atoms with van der Waals surface area (Å²) in [6.45, 7) is 4.59. The van der Waals surface area contributed by atoms with E-state index in [0.29, 0.717) is 0 Å². The van der Waals surface area contributed by atoms with Crippen molar-refractivity contribution in [1.29, 1.82) is 0 Å². The van der Waals surface area contributed by atoms with Crippen LogP contribution in [-0.2, 0) is 0 Å². The maximum absolute atomic E-state index is 4.60. The number of aliphatic imine (C=N–C) groups is 1. The normalized spacial score (nSPS) is 24.1. The molecule has 0 radical (unpaired) electrons. The van der Waals surface area contributed by atoms with E-state index < -0.39 is 0 Å². The first-order chi connectivity index (χ1) is 7.45. The van der Waals surface area contributed by atoms with E-state index in [4.69, 9.17) is 0 Å². The highest BCUT2D eigenvalue weighted by Crippen LogP contribution is 2.17. The van der Waals surface area contributed by atoms with Crippen molar-refractivity contribution in [1.82, 2.24) is 10.6 Å². The number of amidine groups is 1. The molecule has 2 N–H and O–H groups in total. The van der Waals surface area contributed by atoms with Gasteiger partial charge in [-0.15, -0.1) is 0 Å². The van der Waals surface area contributed by atoms with Crippen molar-refractivity contribution in [3.8, 4) is 0 Å². The number of piperidine rings is 1. The molecule has 1 saturated heterocycles. The standard InChI is InChI=1S/C12H23N3/c1-2-8-15-12(14-7-1)4-3-11-5-9-13-10-6-11/h11,13H,1-10H2,(H,14,15). The highest BCUT2D eigenvalue weighted by molar-refractivity contribution is 5.82. The molecule has 3 heteroatoms. The fourth-order valence-electron chi connectivity index (χ4n) is 2.42. The summed E-state index contributed by atoms with van der Waals surface area (Å²) < 4.78 is 0. The van der Waals surface area contributed by atoms with E-state index in [1.54, 1.807) is 0 Å². The molecule has 0 saturated carbocycles. The Morgan fingerprint density at radius 2 is 2.00 bits per heavy atom. The minimum atomic E-state index is 0.930. The van der Waals surface area contributed by atoms with E-state index in [2.05, 4.69) is 15.6 Å². The zero-order valence-corrected chi connectivity index (χ0v) is 9.60. The summed E-state index contributed by atoms with van der Waals surface area (Å²) in [7, 11) is 0. The first-order valence-electron chi connectivity index (χ1n) is 6.43. The summed E-state index contributed by atoms with van der Waals surface area (Å²) in [6.07, 6.45) is 7.74. The second kappa shape index (κ2) is 6.11. The van der Waals surface area contributed by atoms with Gasteiger partial charge in [0.25, 0.3) is 0 Å². The van der Waals surface area contributed by atoms with Gasteiger partial charge in [-0.25, -0.2) is 0 Å². The van der Waals surface area contributed by atoms with Gasteiger partial charge in [-0.2, -0.15) is 0 Å². The quantitative estimate of drug-likeness (QED) is 0.740. The summed E-state index contributed by atoms with van der Waals surface area (Å²) in [6, 6.07) is 0. The van der Waals surface area contributed by atoms with Gasteiger partial charge in [0, 0.05) is 19.5 Å². The third kappa shape index (κ3) is 3.82. The number of rotatable bonds is 3. The molecule has 0 aromatic carbocycles.